The number of ether oxygens (including phenoxy) is 1. The van der Waals surface area contributed by atoms with E-state index in [0.29, 0.717) is 42.9 Å². The largest absolute Gasteiger partial charge is 0.378 e. The van der Waals surface area contributed by atoms with Crippen molar-refractivity contribution in [2.75, 3.05) is 26.3 Å². The Labute approximate surface area is 129 Å². The van der Waals surface area contributed by atoms with Crippen molar-refractivity contribution < 1.29 is 9.53 Å². The third kappa shape index (κ3) is 4.35. The first-order valence-electron chi connectivity index (χ1n) is 6.61. The van der Waals surface area contributed by atoms with Crippen molar-refractivity contribution in [3.63, 3.8) is 0 Å². The van der Waals surface area contributed by atoms with Gasteiger partial charge in [-0.2, -0.15) is 0 Å². The molecule has 0 aromatic heterocycles. The predicted molar refractivity (Wildman–Crippen MR) is 80.2 cm³/mol. The van der Waals surface area contributed by atoms with E-state index >= 15 is 0 Å². The Morgan fingerprint density at radius 3 is 2.50 bits per heavy atom. The predicted octanol–water partition coefficient (Wildman–Crippen LogP) is 2.33. The van der Waals surface area contributed by atoms with Crippen LogP contribution in [0, 0.1) is 0 Å². The quantitative estimate of drug-likeness (QED) is 0.927. The van der Waals surface area contributed by atoms with Crippen molar-refractivity contribution in [3.05, 3.63) is 33.8 Å². The molecule has 1 saturated heterocycles. The van der Waals surface area contributed by atoms with Crippen molar-refractivity contribution in [2.24, 2.45) is 0 Å². The van der Waals surface area contributed by atoms with Gasteiger partial charge >= 0.3 is 0 Å². The van der Waals surface area contributed by atoms with Gasteiger partial charge in [0.25, 0.3) is 0 Å². The van der Waals surface area contributed by atoms with Gasteiger partial charge in [-0.3, -0.25) is 4.79 Å². The molecule has 0 radical (unpaired) electrons. The Balaban J connectivity index is 1.87. The fourth-order valence-electron chi connectivity index (χ4n) is 2.13. The maximum Gasteiger partial charge on any atom is 0.239 e. The molecule has 1 amide bonds. The van der Waals surface area contributed by atoms with Gasteiger partial charge in [-0.25, -0.2) is 0 Å². The Kier molecular flexibility index (Phi) is 5.66. The van der Waals surface area contributed by atoms with Crippen molar-refractivity contribution in [2.45, 2.75) is 19.5 Å². The van der Waals surface area contributed by atoms with Crippen LogP contribution in [0.5, 0.6) is 0 Å². The second-order valence-electron chi connectivity index (χ2n) is 4.82. The highest BCUT2D eigenvalue weighted by Crippen LogP contribution is 2.19. The molecule has 1 heterocycles. The number of nitrogens with one attached hydrogen (secondary N) is 1. The van der Waals surface area contributed by atoms with Crippen LogP contribution in [0.15, 0.2) is 18.2 Å². The lowest BCUT2D eigenvalue weighted by Gasteiger charge is -2.29. The van der Waals surface area contributed by atoms with E-state index in [1.54, 1.807) is 6.07 Å². The minimum Gasteiger partial charge on any atom is -0.378 e. The first-order valence-corrected chi connectivity index (χ1v) is 7.37. The van der Waals surface area contributed by atoms with Crippen molar-refractivity contribution >= 4 is 29.1 Å². The van der Waals surface area contributed by atoms with Crippen LogP contribution < -0.4 is 5.32 Å². The highest BCUT2D eigenvalue weighted by Gasteiger charge is 2.21. The maximum absolute atomic E-state index is 12.2. The Morgan fingerprint density at radius 2 is 1.90 bits per heavy atom. The highest BCUT2D eigenvalue weighted by molar-refractivity contribution is 6.34. The van der Waals surface area contributed by atoms with E-state index in [-0.39, 0.29) is 11.9 Å². The van der Waals surface area contributed by atoms with Crippen LogP contribution in [0.25, 0.3) is 0 Å². The minimum absolute atomic E-state index is 0.0985. The summed E-state index contributed by atoms with van der Waals surface area (Å²) < 4.78 is 5.24. The van der Waals surface area contributed by atoms with E-state index < -0.39 is 0 Å². The molecule has 110 valence electrons. The maximum atomic E-state index is 12.2. The fourth-order valence-corrected chi connectivity index (χ4v) is 2.70. The summed E-state index contributed by atoms with van der Waals surface area (Å²) in [5.74, 6) is 0.0985. The van der Waals surface area contributed by atoms with Crippen molar-refractivity contribution in [1.29, 1.82) is 0 Å². The van der Waals surface area contributed by atoms with E-state index in [1.165, 1.54) is 0 Å². The number of halogens is 2. The molecule has 0 aliphatic carbocycles. The van der Waals surface area contributed by atoms with Gasteiger partial charge in [0, 0.05) is 29.7 Å². The number of hydrogen-bond donors (Lipinski definition) is 1. The molecule has 0 bridgehead atoms. The molecule has 20 heavy (non-hydrogen) atoms. The molecule has 1 unspecified atom stereocenters. The number of rotatable bonds is 4. The minimum atomic E-state index is -0.245. The van der Waals surface area contributed by atoms with Gasteiger partial charge in [0.1, 0.15) is 0 Å². The number of amides is 1. The van der Waals surface area contributed by atoms with E-state index in [0.717, 1.165) is 5.56 Å². The zero-order chi connectivity index (χ0) is 14.5. The summed E-state index contributed by atoms with van der Waals surface area (Å²) in [7, 11) is 0. The van der Waals surface area contributed by atoms with Crippen LogP contribution in [0.3, 0.4) is 0 Å². The second-order valence-corrected chi connectivity index (χ2v) is 5.69. The monoisotopic (exact) mass is 316 g/mol. The molecule has 2 rings (SSSR count). The van der Waals surface area contributed by atoms with Gasteiger partial charge in [-0.05, 0) is 30.7 Å². The third-order valence-electron chi connectivity index (χ3n) is 3.23. The average molecular weight is 317 g/mol. The molecule has 6 heteroatoms. The average Bonchev–Trinajstić information content (AvgIpc) is 2.44. The van der Waals surface area contributed by atoms with Crippen molar-refractivity contribution in [3.8, 4) is 0 Å². The standard InChI is InChI=1S/C14H18Cl2N2O2/c1-10(14(19)18-2-4-20-5-3-18)17-9-11-6-12(15)8-13(16)7-11/h6-8,10,17H,2-5,9H2,1H3. The molecule has 1 atom stereocenters. The van der Waals surface area contributed by atoms with E-state index in [1.807, 2.05) is 24.0 Å². The number of benzene rings is 1. The summed E-state index contributed by atoms with van der Waals surface area (Å²) in [5, 5.41) is 4.40. The van der Waals surface area contributed by atoms with Crippen LogP contribution in [0.2, 0.25) is 10.0 Å². The van der Waals surface area contributed by atoms with Crippen molar-refractivity contribution in [1.82, 2.24) is 10.2 Å². The van der Waals surface area contributed by atoms with Gasteiger partial charge in [0.2, 0.25) is 5.91 Å². The van der Waals surface area contributed by atoms with E-state index in [9.17, 15) is 4.79 Å². The molecule has 1 aromatic rings. The van der Waals surface area contributed by atoms with Crippen LogP contribution in [-0.2, 0) is 16.1 Å². The molecular weight excluding hydrogens is 299 g/mol. The Morgan fingerprint density at radius 1 is 1.30 bits per heavy atom. The summed E-state index contributed by atoms with van der Waals surface area (Å²) in [6.07, 6.45) is 0. The molecular formula is C14H18Cl2N2O2. The molecule has 4 nitrogen and oxygen atoms in total. The zero-order valence-electron chi connectivity index (χ0n) is 11.4. The summed E-state index contributed by atoms with van der Waals surface area (Å²) in [5.41, 5.74) is 0.962. The van der Waals surface area contributed by atoms with E-state index in [4.69, 9.17) is 27.9 Å². The van der Waals surface area contributed by atoms with Gasteiger partial charge in [-0.1, -0.05) is 23.2 Å². The van der Waals surface area contributed by atoms with Gasteiger partial charge < -0.3 is 15.0 Å². The summed E-state index contributed by atoms with van der Waals surface area (Å²) in [4.78, 5) is 14.0. The number of nitrogens with zero attached hydrogens (tertiary/aromatic N) is 1. The molecule has 0 spiro atoms. The number of carbonyl (C=O) groups excluding carboxylic acids is 1. The molecule has 1 aliphatic rings. The third-order valence-corrected chi connectivity index (χ3v) is 3.66. The second kappa shape index (κ2) is 7.27. The number of hydrogen-bond acceptors (Lipinski definition) is 3. The van der Waals surface area contributed by atoms with Crippen LogP contribution in [0.1, 0.15) is 12.5 Å². The summed E-state index contributed by atoms with van der Waals surface area (Å²) in [6.45, 7) is 4.97. The van der Waals surface area contributed by atoms with Gasteiger partial charge in [0.05, 0.1) is 19.3 Å². The molecule has 0 saturated carbocycles. The lowest BCUT2D eigenvalue weighted by atomic mass is 10.2. The van der Waals surface area contributed by atoms with Crippen LogP contribution in [-0.4, -0.2) is 43.2 Å². The fraction of sp³-hybridized carbons (Fsp3) is 0.500. The summed E-state index contributed by atoms with van der Waals surface area (Å²) >= 11 is 11.9. The van der Waals surface area contributed by atoms with E-state index in [2.05, 4.69) is 5.32 Å². The number of carbonyl (C=O) groups is 1. The van der Waals surface area contributed by atoms with Crippen LogP contribution in [0.4, 0.5) is 0 Å². The highest BCUT2D eigenvalue weighted by atomic mass is 35.5. The summed E-state index contributed by atoms with van der Waals surface area (Å²) in [6, 6.07) is 5.12. The molecule has 1 aromatic carbocycles. The molecule has 1 fully saturated rings. The lowest BCUT2D eigenvalue weighted by molar-refractivity contribution is -0.137. The zero-order valence-corrected chi connectivity index (χ0v) is 12.9. The Hall–Kier alpha value is -0.810. The normalized spacial score (nSPS) is 17.1. The van der Waals surface area contributed by atoms with Crippen LogP contribution >= 0.6 is 23.2 Å². The first-order chi connectivity index (χ1) is 9.56. The molecule has 1 N–H and O–H groups in total. The number of morpholine rings is 1. The lowest BCUT2D eigenvalue weighted by Crippen LogP contribution is -2.49. The topological polar surface area (TPSA) is 41.6 Å². The first kappa shape index (κ1) is 15.6. The smallest absolute Gasteiger partial charge is 0.239 e. The SMILES string of the molecule is CC(NCc1cc(Cl)cc(Cl)c1)C(=O)N1CCOCC1. The molecule has 1 aliphatic heterocycles. The van der Waals surface area contributed by atoms with Gasteiger partial charge in [0.15, 0.2) is 0 Å². The van der Waals surface area contributed by atoms with Gasteiger partial charge in [-0.15, -0.1) is 0 Å². The Bertz CT molecular complexity index is 456.